The third-order valence-electron chi connectivity index (χ3n) is 2.81. The lowest BCUT2D eigenvalue weighted by atomic mass is 10.2. The highest BCUT2D eigenvalue weighted by atomic mass is 79.9. The maximum absolute atomic E-state index is 13.1. The van der Waals surface area contributed by atoms with E-state index in [1.807, 2.05) is 6.20 Å². The molecular weight excluding hydrogens is 271 g/mol. The number of aromatic amines is 1. The van der Waals surface area contributed by atoms with Crippen molar-refractivity contribution in [2.45, 2.75) is 18.8 Å². The molecule has 0 amide bonds. The summed E-state index contributed by atoms with van der Waals surface area (Å²) in [6, 6.07) is 4.92. The average molecular weight is 281 g/mol. The molecule has 2 nitrogen and oxygen atoms in total. The summed E-state index contributed by atoms with van der Waals surface area (Å²) in [4.78, 5) is 7.60. The van der Waals surface area contributed by atoms with Crippen LogP contribution in [-0.2, 0) is 0 Å². The van der Waals surface area contributed by atoms with Crippen LogP contribution in [0.4, 0.5) is 4.39 Å². The standard InChI is InChI=1S/C12H10BrFN2/c13-9-5-8(3-4-10(9)14)12-15-6-11(16-12)7-1-2-7/h3-7H,1-2H2,(H,15,16). The van der Waals surface area contributed by atoms with Crippen LogP contribution in [0.1, 0.15) is 24.5 Å². The highest BCUT2D eigenvalue weighted by Crippen LogP contribution is 2.39. The second-order valence-corrected chi connectivity index (χ2v) is 4.94. The maximum atomic E-state index is 13.1. The molecular formula is C12H10BrFN2. The van der Waals surface area contributed by atoms with E-state index in [0.717, 1.165) is 11.4 Å². The van der Waals surface area contributed by atoms with Gasteiger partial charge in [-0.1, -0.05) is 0 Å². The summed E-state index contributed by atoms with van der Waals surface area (Å²) < 4.78 is 13.5. The summed E-state index contributed by atoms with van der Waals surface area (Å²) >= 11 is 3.17. The molecule has 4 heteroatoms. The van der Waals surface area contributed by atoms with Crippen molar-refractivity contribution in [2.75, 3.05) is 0 Å². The number of nitrogens with zero attached hydrogens (tertiary/aromatic N) is 1. The number of nitrogens with one attached hydrogen (secondary N) is 1. The molecule has 1 heterocycles. The largest absolute Gasteiger partial charge is 0.342 e. The van der Waals surface area contributed by atoms with Crippen LogP contribution < -0.4 is 0 Å². The van der Waals surface area contributed by atoms with Gasteiger partial charge in [0.2, 0.25) is 0 Å². The highest BCUT2D eigenvalue weighted by molar-refractivity contribution is 9.10. The number of halogens is 2. The van der Waals surface area contributed by atoms with Crippen molar-refractivity contribution in [3.63, 3.8) is 0 Å². The minimum Gasteiger partial charge on any atom is -0.342 e. The van der Waals surface area contributed by atoms with Crippen molar-refractivity contribution in [1.82, 2.24) is 9.97 Å². The molecule has 1 saturated carbocycles. The van der Waals surface area contributed by atoms with Crippen LogP contribution in [-0.4, -0.2) is 9.97 Å². The number of rotatable bonds is 2. The van der Waals surface area contributed by atoms with E-state index in [1.54, 1.807) is 12.1 Å². The van der Waals surface area contributed by atoms with E-state index in [-0.39, 0.29) is 5.82 Å². The molecule has 2 aromatic rings. The first-order valence-electron chi connectivity index (χ1n) is 5.24. The summed E-state index contributed by atoms with van der Waals surface area (Å²) in [6.45, 7) is 0. The Hall–Kier alpha value is -1.16. The van der Waals surface area contributed by atoms with Crippen LogP contribution in [0.5, 0.6) is 0 Å². The molecule has 3 rings (SSSR count). The predicted octanol–water partition coefficient (Wildman–Crippen LogP) is 3.86. The zero-order valence-corrected chi connectivity index (χ0v) is 10.1. The molecule has 0 bridgehead atoms. The second-order valence-electron chi connectivity index (χ2n) is 4.09. The Balaban J connectivity index is 1.97. The molecule has 1 fully saturated rings. The normalized spacial score (nSPS) is 15.4. The number of hydrogen-bond donors (Lipinski definition) is 1. The SMILES string of the molecule is Fc1ccc(-c2ncc(C3CC3)[nH]2)cc1Br. The van der Waals surface area contributed by atoms with Crippen LogP contribution >= 0.6 is 15.9 Å². The van der Waals surface area contributed by atoms with Crippen LogP contribution in [0.3, 0.4) is 0 Å². The maximum Gasteiger partial charge on any atom is 0.137 e. The van der Waals surface area contributed by atoms with Gasteiger partial charge < -0.3 is 4.98 Å². The molecule has 0 atom stereocenters. The first-order valence-corrected chi connectivity index (χ1v) is 6.03. The van der Waals surface area contributed by atoms with Crippen LogP contribution in [0.15, 0.2) is 28.9 Å². The van der Waals surface area contributed by atoms with Crippen molar-refractivity contribution in [3.8, 4) is 11.4 Å². The lowest BCUT2D eigenvalue weighted by Gasteiger charge is -1.99. The van der Waals surface area contributed by atoms with Gasteiger partial charge in [-0.25, -0.2) is 9.37 Å². The fourth-order valence-corrected chi connectivity index (χ4v) is 2.11. The van der Waals surface area contributed by atoms with Gasteiger partial charge in [-0.05, 0) is 47.0 Å². The minimum atomic E-state index is -0.252. The Morgan fingerprint density at radius 1 is 1.38 bits per heavy atom. The highest BCUT2D eigenvalue weighted by Gasteiger charge is 2.25. The Morgan fingerprint density at radius 2 is 2.19 bits per heavy atom. The number of imidazole rings is 1. The third-order valence-corrected chi connectivity index (χ3v) is 3.41. The summed E-state index contributed by atoms with van der Waals surface area (Å²) in [6.07, 6.45) is 4.37. The van der Waals surface area contributed by atoms with Gasteiger partial charge in [-0.15, -0.1) is 0 Å². The molecule has 1 aromatic carbocycles. The summed E-state index contributed by atoms with van der Waals surface area (Å²) in [5, 5.41) is 0. The molecule has 16 heavy (non-hydrogen) atoms. The van der Waals surface area contributed by atoms with Gasteiger partial charge in [-0.3, -0.25) is 0 Å². The van der Waals surface area contributed by atoms with Crippen molar-refractivity contribution >= 4 is 15.9 Å². The van der Waals surface area contributed by atoms with E-state index < -0.39 is 0 Å². The number of hydrogen-bond acceptors (Lipinski definition) is 1. The zero-order chi connectivity index (χ0) is 11.1. The molecule has 0 aliphatic heterocycles. The molecule has 1 N–H and O–H groups in total. The Labute approximate surface area is 101 Å². The molecule has 0 unspecified atom stereocenters. The van der Waals surface area contributed by atoms with Crippen molar-refractivity contribution in [3.05, 3.63) is 40.4 Å². The van der Waals surface area contributed by atoms with E-state index >= 15 is 0 Å². The lowest BCUT2D eigenvalue weighted by Crippen LogP contribution is -1.84. The fourth-order valence-electron chi connectivity index (χ4n) is 1.73. The molecule has 1 aromatic heterocycles. The van der Waals surface area contributed by atoms with Crippen LogP contribution in [0.2, 0.25) is 0 Å². The first-order chi connectivity index (χ1) is 7.74. The van der Waals surface area contributed by atoms with E-state index in [0.29, 0.717) is 10.4 Å². The molecule has 0 radical (unpaired) electrons. The summed E-state index contributed by atoms with van der Waals surface area (Å²) in [5.74, 6) is 1.21. The number of benzene rings is 1. The van der Waals surface area contributed by atoms with Gasteiger partial charge in [0.15, 0.2) is 0 Å². The lowest BCUT2D eigenvalue weighted by molar-refractivity contribution is 0.621. The summed E-state index contributed by atoms with van der Waals surface area (Å²) in [7, 11) is 0. The molecule has 1 aliphatic rings. The Kier molecular flexibility index (Phi) is 2.32. The van der Waals surface area contributed by atoms with Crippen molar-refractivity contribution in [1.29, 1.82) is 0 Å². The predicted molar refractivity (Wildman–Crippen MR) is 63.7 cm³/mol. The third kappa shape index (κ3) is 1.78. The van der Waals surface area contributed by atoms with Gasteiger partial charge in [0.05, 0.1) is 4.47 Å². The smallest absolute Gasteiger partial charge is 0.137 e. The van der Waals surface area contributed by atoms with Gasteiger partial charge >= 0.3 is 0 Å². The molecule has 0 spiro atoms. The topological polar surface area (TPSA) is 28.7 Å². The van der Waals surface area contributed by atoms with Gasteiger partial charge in [0, 0.05) is 23.4 Å². The minimum absolute atomic E-state index is 0.252. The van der Waals surface area contributed by atoms with E-state index in [9.17, 15) is 4.39 Å². The second kappa shape index (κ2) is 3.70. The van der Waals surface area contributed by atoms with Crippen molar-refractivity contribution < 1.29 is 4.39 Å². The molecule has 82 valence electrons. The zero-order valence-electron chi connectivity index (χ0n) is 8.50. The monoisotopic (exact) mass is 280 g/mol. The summed E-state index contributed by atoms with van der Waals surface area (Å²) in [5.41, 5.74) is 2.09. The number of H-pyrrole nitrogens is 1. The van der Waals surface area contributed by atoms with E-state index in [4.69, 9.17) is 0 Å². The quantitative estimate of drug-likeness (QED) is 0.889. The number of aromatic nitrogens is 2. The van der Waals surface area contributed by atoms with Gasteiger partial charge in [-0.2, -0.15) is 0 Å². The first kappa shape index (κ1) is 10.0. The van der Waals surface area contributed by atoms with Crippen molar-refractivity contribution in [2.24, 2.45) is 0 Å². The van der Waals surface area contributed by atoms with Crippen LogP contribution in [0, 0.1) is 5.82 Å². The fraction of sp³-hybridized carbons (Fsp3) is 0.250. The van der Waals surface area contributed by atoms with Gasteiger partial charge in [0.1, 0.15) is 11.6 Å². The molecule has 0 saturated heterocycles. The average Bonchev–Trinajstić information content (AvgIpc) is 3.01. The Morgan fingerprint density at radius 3 is 2.88 bits per heavy atom. The molecule has 1 aliphatic carbocycles. The van der Waals surface area contributed by atoms with E-state index in [2.05, 4.69) is 25.9 Å². The van der Waals surface area contributed by atoms with Gasteiger partial charge in [0.25, 0.3) is 0 Å². The van der Waals surface area contributed by atoms with Crippen LogP contribution in [0.25, 0.3) is 11.4 Å². The van der Waals surface area contributed by atoms with E-state index in [1.165, 1.54) is 24.6 Å². The Bertz CT molecular complexity index is 532.